The third kappa shape index (κ3) is 9.11. The van der Waals surface area contributed by atoms with Gasteiger partial charge in [0.25, 0.3) is 0 Å². The number of aliphatic hydroxyl groups is 1. The average molecular weight is 548 g/mol. The number of methoxy groups -OCH3 is 1. The van der Waals surface area contributed by atoms with Gasteiger partial charge in [-0.1, -0.05) is 58.0 Å². The van der Waals surface area contributed by atoms with Gasteiger partial charge in [-0.3, -0.25) is 9.59 Å². The fraction of sp³-hybridized carbons (Fsp3) is 0.500. The van der Waals surface area contributed by atoms with E-state index in [-0.39, 0.29) is 42.1 Å². The fourth-order valence-corrected chi connectivity index (χ4v) is 5.71. The number of carbonyl (C=O) groups excluding carboxylic acids is 2. The first-order chi connectivity index (χ1) is 17.8. The summed E-state index contributed by atoms with van der Waals surface area (Å²) in [5.41, 5.74) is 0.867. The third-order valence-electron chi connectivity index (χ3n) is 6.06. The summed E-state index contributed by atoms with van der Waals surface area (Å²) in [6.45, 7) is 8.71. The minimum Gasteiger partial charge on any atom is -0.497 e. The van der Waals surface area contributed by atoms with Crippen molar-refractivity contribution in [1.82, 2.24) is 14.9 Å². The molecule has 9 nitrogen and oxygen atoms in total. The standard InChI is InChI=1S/C28H41N3O6S/c1-19(2)17-31(38(35,36)24-14-12-23(37-6)13-15-24)18-26(33)25(16-22-10-8-7-9-11-22)30-28(34)27(20(3)4)29-21(5)32/h7-15,19-20,25-27,33H,16-18H2,1-6H3,(H,29,32)(H,30,34)/t25-,26+,27-/m0/s1. The van der Waals surface area contributed by atoms with Crippen LogP contribution in [-0.4, -0.2) is 68.0 Å². The second-order valence-electron chi connectivity index (χ2n) is 10.2. The second kappa shape index (κ2) is 14.3. The van der Waals surface area contributed by atoms with Crippen LogP contribution in [0.15, 0.2) is 59.5 Å². The summed E-state index contributed by atoms with van der Waals surface area (Å²) >= 11 is 0. The Hall–Kier alpha value is -2.95. The van der Waals surface area contributed by atoms with E-state index in [1.165, 1.54) is 30.5 Å². The largest absolute Gasteiger partial charge is 0.497 e. The zero-order chi connectivity index (χ0) is 28.5. The van der Waals surface area contributed by atoms with Gasteiger partial charge in [-0.2, -0.15) is 4.31 Å². The fourth-order valence-electron chi connectivity index (χ4n) is 4.09. The summed E-state index contributed by atoms with van der Waals surface area (Å²) in [7, 11) is -2.45. The molecule has 3 N–H and O–H groups in total. The van der Waals surface area contributed by atoms with Crippen molar-refractivity contribution in [2.45, 2.75) is 64.1 Å². The number of aliphatic hydroxyl groups excluding tert-OH is 1. The van der Waals surface area contributed by atoms with Gasteiger partial charge in [0.15, 0.2) is 0 Å². The lowest BCUT2D eigenvalue weighted by atomic mass is 9.98. The molecule has 0 spiro atoms. The van der Waals surface area contributed by atoms with E-state index in [1.807, 2.05) is 58.0 Å². The number of nitrogens with one attached hydrogen (secondary N) is 2. The Morgan fingerprint density at radius 1 is 0.947 bits per heavy atom. The highest BCUT2D eigenvalue weighted by Gasteiger charge is 2.33. The molecule has 3 atom stereocenters. The van der Waals surface area contributed by atoms with E-state index in [4.69, 9.17) is 4.74 Å². The van der Waals surface area contributed by atoms with Crippen LogP contribution >= 0.6 is 0 Å². The minimum atomic E-state index is -3.95. The molecule has 0 saturated carbocycles. The molecule has 0 heterocycles. The predicted molar refractivity (Wildman–Crippen MR) is 147 cm³/mol. The monoisotopic (exact) mass is 547 g/mol. The number of nitrogens with zero attached hydrogens (tertiary/aromatic N) is 1. The van der Waals surface area contributed by atoms with Crippen molar-refractivity contribution in [3.8, 4) is 5.75 Å². The molecule has 0 aliphatic heterocycles. The molecule has 0 fully saturated rings. The minimum absolute atomic E-state index is 0.0116. The molecule has 2 aromatic carbocycles. The summed E-state index contributed by atoms with van der Waals surface area (Å²) < 4.78 is 33.5. The second-order valence-corrected chi connectivity index (χ2v) is 12.1. The number of rotatable bonds is 14. The number of hydrogen-bond donors (Lipinski definition) is 3. The number of sulfonamides is 1. The van der Waals surface area contributed by atoms with Crippen molar-refractivity contribution in [1.29, 1.82) is 0 Å². The molecule has 210 valence electrons. The van der Waals surface area contributed by atoms with E-state index < -0.39 is 34.1 Å². The topological polar surface area (TPSA) is 125 Å². The first kappa shape index (κ1) is 31.3. The molecule has 10 heteroatoms. The Kier molecular flexibility index (Phi) is 11.7. The highest BCUT2D eigenvalue weighted by molar-refractivity contribution is 7.89. The van der Waals surface area contributed by atoms with Gasteiger partial charge in [0.1, 0.15) is 11.8 Å². The maximum atomic E-state index is 13.6. The van der Waals surface area contributed by atoms with Gasteiger partial charge in [-0.25, -0.2) is 8.42 Å². The molecule has 0 aromatic heterocycles. The SMILES string of the molecule is COc1ccc(S(=O)(=O)N(CC(C)C)C[C@@H](O)[C@H](Cc2ccccc2)NC(=O)[C@@H](NC(C)=O)C(C)C)cc1. The number of hydrogen-bond acceptors (Lipinski definition) is 6. The van der Waals surface area contributed by atoms with Crippen LogP contribution in [-0.2, 0) is 26.0 Å². The van der Waals surface area contributed by atoms with E-state index in [2.05, 4.69) is 10.6 Å². The van der Waals surface area contributed by atoms with E-state index in [9.17, 15) is 23.1 Å². The summed E-state index contributed by atoms with van der Waals surface area (Å²) in [4.78, 5) is 25.0. The lowest BCUT2D eigenvalue weighted by molar-refractivity contribution is -0.130. The maximum absolute atomic E-state index is 13.6. The van der Waals surface area contributed by atoms with Gasteiger partial charge >= 0.3 is 0 Å². The molecule has 0 saturated heterocycles. The normalized spacial score (nSPS) is 14.3. The van der Waals surface area contributed by atoms with Crippen LogP contribution in [0.4, 0.5) is 0 Å². The molecule has 2 aromatic rings. The molecule has 2 amide bonds. The summed E-state index contributed by atoms with van der Waals surface area (Å²) in [5.74, 6) is -0.455. The summed E-state index contributed by atoms with van der Waals surface area (Å²) in [6, 6.07) is 13.8. The van der Waals surface area contributed by atoms with E-state index >= 15 is 0 Å². The Balaban J connectivity index is 2.37. The van der Waals surface area contributed by atoms with Crippen molar-refractivity contribution in [3.05, 3.63) is 60.2 Å². The van der Waals surface area contributed by atoms with Crippen LogP contribution < -0.4 is 15.4 Å². The molecule has 0 unspecified atom stereocenters. The van der Waals surface area contributed by atoms with Crippen molar-refractivity contribution >= 4 is 21.8 Å². The van der Waals surface area contributed by atoms with E-state index in [0.29, 0.717) is 5.75 Å². The zero-order valence-corrected chi connectivity index (χ0v) is 23.9. The van der Waals surface area contributed by atoms with Crippen molar-refractivity contribution in [2.75, 3.05) is 20.2 Å². The highest BCUT2D eigenvalue weighted by Crippen LogP contribution is 2.22. The summed E-state index contributed by atoms with van der Waals surface area (Å²) in [6.07, 6.45) is -0.951. The van der Waals surface area contributed by atoms with E-state index in [0.717, 1.165) is 5.56 Å². The summed E-state index contributed by atoms with van der Waals surface area (Å²) in [5, 5.41) is 16.9. The average Bonchev–Trinajstić information content (AvgIpc) is 2.86. The van der Waals surface area contributed by atoms with Crippen molar-refractivity contribution in [2.24, 2.45) is 11.8 Å². The number of ether oxygens (including phenoxy) is 1. The van der Waals surface area contributed by atoms with Gasteiger partial charge < -0.3 is 20.5 Å². The van der Waals surface area contributed by atoms with Gasteiger partial charge in [0, 0.05) is 20.0 Å². The van der Waals surface area contributed by atoms with Gasteiger partial charge in [-0.05, 0) is 48.1 Å². The predicted octanol–water partition coefficient (Wildman–Crippen LogP) is 2.59. The van der Waals surface area contributed by atoms with Crippen molar-refractivity contribution in [3.63, 3.8) is 0 Å². The van der Waals surface area contributed by atoms with Crippen LogP contribution in [0.1, 0.15) is 40.2 Å². The zero-order valence-electron chi connectivity index (χ0n) is 23.0. The Morgan fingerprint density at radius 3 is 2.05 bits per heavy atom. The molecule has 0 radical (unpaired) electrons. The first-order valence-electron chi connectivity index (χ1n) is 12.8. The van der Waals surface area contributed by atoms with Crippen LogP contribution in [0.5, 0.6) is 5.75 Å². The van der Waals surface area contributed by atoms with Gasteiger partial charge in [0.05, 0.1) is 24.2 Å². The van der Waals surface area contributed by atoms with Crippen molar-refractivity contribution < 1.29 is 27.9 Å². The van der Waals surface area contributed by atoms with E-state index in [1.54, 1.807) is 12.1 Å². The molecule has 0 aliphatic rings. The van der Waals surface area contributed by atoms with Gasteiger partial charge in [-0.15, -0.1) is 0 Å². The number of carbonyl (C=O) groups is 2. The first-order valence-corrected chi connectivity index (χ1v) is 14.2. The van der Waals surface area contributed by atoms with Crippen LogP contribution in [0, 0.1) is 11.8 Å². The third-order valence-corrected chi connectivity index (χ3v) is 7.90. The maximum Gasteiger partial charge on any atom is 0.243 e. The molecular formula is C28H41N3O6S. The number of benzene rings is 2. The lowest BCUT2D eigenvalue weighted by Crippen LogP contribution is -2.56. The van der Waals surface area contributed by atoms with Crippen LogP contribution in [0.25, 0.3) is 0 Å². The highest BCUT2D eigenvalue weighted by atomic mass is 32.2. The van der Waals surface area contributed by atoms with Crippen LogP contribution in [0.2, 0.25) is 0 Å². The quantitative estimate of drug-likeness (QED) is 0.334. The lowest BCUT2D eigenvalue weighted by Gasteiger charge is -2.32. The molecular weight excluding hydrogens is 506 g/mol. The Morgan fingerprint density at radius 2 is 1.55 bits per heavy atom. The number of amides is 2. The smallest absolute Gasteiger partial charge is 0.243 e. The molecule has 2 rings (SSSR count). The van der Waals surface area contributed by atoms with Gasteiger partial charge in [0.2, 0.25) is 21.8 Å². The molecule has 0 aliphatic carbocycles. The Labute approximate surface area is 226 Å². The van der Waals surface area contributed by atoms with Crippen LogP contribution in [0.3, 0.4) is 0 Å². The molecule has 38 heavy (non-hydrogen) atoms. The molecule has 0 bridgehead atoms. The Bertz CT molecular complexity index is 1140.